The van der Waals surface area contributed by atoms with Gasteiger partial charge in [-0.3, -0.25) is 4.79 Å². The molecule has 0 bridgehead atoms. The first-order valence-electron chi connectivity index (χ1n) is 9.11. The Balaban J connectivity index is 1.80. The Morgan fingerprint density at radius 3 is 2.24 bits per heavy atom. The van der Waals surface area contributed by atoms with E-state index < -0.39 is 0 Å². The van der Waals surface area contributed by atoms with Crippen molar-refractivity contribution >= 4 is 23.1 Å². The lowest BCUT2D eigenvalue weighted by Gasteiger charge is -2.13. The topological polar surface area (TPSA) is 85.4 Å². The summed E-state index contributed by atoms with van der Waals surface area (Å²) in [5, 5.41) is 6.11. The zero-order valence-electron chi connectivity index (χ0n) is 17.2. The van der Waals surface area contributed by atoms with E-state index in [1.54, 1.807) is 32.4 Å². The number of amides is 1. The molecule has 0 unspecified atom stereocenters. The number of hydrogen-bond donors (Lipinski definition) is 2. The molecular formula is C22H24N4O3. The number of carbonyl (C=O) groups excluding carboxylic acids is 1. The number of anilines is 3. The number of benzene rings is 2. The molecule has 3 aromatic rings. The molecule has 1 aromatic heterocycles. The van der Waals surface area contributed by atoms with E-state index in [1.165, 1.54) is 6.33 Å². The maximum Gasteiger partial charge on any atom is 0.274 e. The Kier molecular flexibility index (Phi) is 5.97. The molecule has 0 aliphatic carbocycles. The van der Waals surface area contributed by atoms with Crippen molar-refractivity contribution in [3.8, 4) is 11.5 Å². The zero-order chi connectivity index (χ0) is 21.0. The third-order valence-corrected chi connectivity index (χ3v) is 4.47. The monoisotopic (exact) mass is 392 g/mol. The number of ether oxygens (including phenoxy) is 2. The Morgan fingerprint density at radius 2 is 1.59 bits per heavy atom. The molecule has 29 heavy (non-hydrogen) atoms. The molecule has 0 fully saturated rings. The lowest BCUT2D eigenvalue weighted by Crippen LogP contribution is -2.16. The van der Waals surface area contributed by atoms with Crippen LogP contribution in [0.3, 0.4) is 0 Å². The van der Waals surface area contributed by atoms with E-state index >= 15 is 0 Å². The number of aromatic nitrogens is 2. The van der Waals surface area contributed by atoms with Crippen LogP contribution in [0.15, 0.2) is 42.7 Å². The van der Waals surface area contributed by atoms with Gasteiger partial charge in [0.2, 0.25) is 0 Å². The van der Waals surface area contributed by atoms with E-state index in [0.717, 1.165) is 28.1 Å². The van der Waals surface area contributed by atoms with E-state index in [1.807, 2.05) is 39.0 Å². The minimum Gasteiger partial charge on any atom is -0.493 e. The molecule has 150 valence electrons. The predicted octanol–water partition coefficient (Wildman–Crippen LogP) is 4.41. The molecule has 0 spiro atoms. The predicted molar refractivity (Wildman–Crippen MR) is 113 cm³/mol. The summed E-state index contributed by atoms with van der Waals surface area (Å²) in [4.78, 5) is 21.0. The Bertz CT molecular complexity index is 1030. The van der Waals surface area contributed by atoms with Crippen LogP contribution >= 0.6 is 0 Å². The lowest BCUT2D eigenvalue weighted by molar-refractivity contribution is 0.102. The maximum absolute atomic E-state index is 12.7. The second-order valence-electron chi connectivity index (χ2n) is 6.71. The van der Waals surface area contributed by atoms with Gasteiger partial charge in [-0.2, -0.15) is 0 Å². The number of hydrogen-bond acceptors (Lipinski definition) is 6. The highest BCUT2D eigenvalue weighted by molar-refractivity contribution is 6.04. The lowest BCUT2D eigenvalue weighted by atomic mass is 10.0. The minimum absolute atomic E-state index is 0.266. The summed E-state index contributed by atoms with van der Waals surface area (Å²) in [5.74, 6) is 1.42. The van der Waals surface area contributed by atoms with Crippen molar-refractivity contribution in [2.24, 2.45) is 0 Å². The normalized spacial score (nSPS) is 10.4. The molecule has 7 nitrogen and oxygen atoms in total. The van der Waals surface area contributed by atoms with Gasteiger partial charge < -0.3 is 20.1 Å². The molecular weight excluding hydrogens is 368 g/mol. The molecule has 3 rings (SSSR count). The number of rotatable bonds is 6. The van der Waals surface area contributed by atoms with Crippen molar-refractivity contribution in [1.82, 2.24) is 9.97 Å². The van der Waals surface area contributed by atoms with Crippen LogP contribution in [-0.2, 0) is 0 Å². The molecule has 2 N–H and O–H groups in total. The van der Waals surface area contributed by atoms with Gasteiger partial charge in [0.1, 0.15) is 17.8 Å². The highest BCUT2D eigenvalue weighted by Gasteiger charge is 2.13. The van der Waals surface area contributed by atoms with Crippen molar-refractivity contribution in [3.63, 3.8) is 0 Å². The molecule has 1 amide bonds. The molecule has 0 saturated carbocycles. The first kappa shape index (κ1) is 20.1. The van der Waals surface area contributed by atoms with Gasteiger partial charge in [0.05, 0.1) is 14.2 Å². The van der Waals surface area contributed by atoms with Crippen LogP contribution in [-0.4, -0.2) is 30.1 Å². The van der Waals surface area contributed by atoms with Gasteiger partial charge in [-0.15, -0.1) is 0 Å². The number of methoxy groups -OCH3 is 2. The second kappa shape index (κ2) is 8.60. The van der Waals surface area contributed by atoms with Gasteiger partial charge in [0, 0.05) is 23.5 Å². The van der Waals surface area contributed by atoms with Crippen LogP contribution in [0, 0.1) is 20.8 Å². The summed E-state index contributed by atoms with van der Waals surface area (Å²) < 4.78 is 10.6. The number of nitrogens with one attached hydrogen (secondary N) is 2. The second-order valence-corrected chi connectivity index (χ2v) is 6.71. The van der Waals surface area contributed by atoms with Crippen LogP contribution in [0.1, 0.15) is 27.2 Å². The molecule has 7 heteroatoms. The molecule has 0 radical (unpaired) electrons. The van der Waals surface area contributed by atoms with Gasteiger partial charge in [0.15, 0.2) is 11.5 Å². The number of nitrogens with zero attached hydrogens (tertiary/aromatic N) is 2. The summed E-state index contributed by atoms with van der Waals surface area (Å²) in [5.41, 5.74) is 4.98. The first-order valence-corrected chi connectivity index (χ1v) is 9.11. The Hall–Kier alpha value is -3.61. The Morgan fingerprint density at radius 1 is 0.897 bits per heavy atom. The highest BCUT2D eigenvalue weighted by Crippen LogP contribution is 2.31. The number of carbonyl (C=O) groups is 1. The summed E-state index contributed by atoms with van der Waals surface area (Å²) in [6.07, 6.45) is 1.35. The maximum atomic E-state index is 12.7. The van der Waals surface area contributed by atoms with Crippen molar-refractivity contribution in [1.29, 1.82) is 0 Å². The average molecular weight is 392 g/mol. The van der Waals surface area contributed by atoms with Gasteiger partial charge in [-0.25, -0.2) is 9.97 Å². The molecule has 0 atom stereocenters. The minimum atomic E-state index is -0.294. The van der Waals surface area contributed by atoms with E-state index in [9.17, 15) is 4.79 Å². The SMILES string of the molecule is COc1ccc(Nc2cc(C(=O)Nc3c(C)cc(C)cc3C)ncn2)cc1OC. The first-order chi connectivity index (χ1) is 13.9. The van der Waals surface area contributed by atoms with Crippen LogP contribution < -0.4 is 20.1 Å². The fourth-order valence-electron chi connectivity index (χ4n) is 3.17. The van der Waals surface area contributed by atoms with Crippen molar-refractivity contribution in [3.05, 3.63) is 65.1 Å². The van der Waals surface area contributed by atoms with Crippen LogP contribution in [0.25, 0.3) is 0 Å². The summed E-state index contributed by atoms with van der Waals surface area (Å²) in [7, 11) is 3.15. The van der Waals surface area contributed by atoms with Crippen LogP contribution in [0.5, 0.6) is 11.5 Å². The van der Waals surface area contributed by atoms with E-state index in [2.05, 4.69) is 20.6 Å². The largest absolute Gasteiger partial charge is 0.493 e. The smallest absolute Gasteiger partial charge is 0.274 e. The molecule has 0 saturated heterocycles. The van der Waals surface area contributed by atoms with Gasteiger partial charge >= 0.3 is 0 Å². The van der Waals surface area contributed by atoms with Gasteiger partial charge in [-0.1, -0.05) is 17.7 Å². The van der Waals surface area contributed by atoms with Gasteiger partial charge in [-0.05, 0) is 44.0 Å². The van der Waals surface area contributed by atoms with Gasteiger partial charge in [0.25, 0.3) is 5.91 Å². The molecule has 0 aliphatic heterocycles. The molecule has 1 heterocycles. The van der Waals surface area contributed by atoms with E-state index in [0.29, 0.717) is 17.3 Å². The Labute approximate surface area is 170 Å². The number of aryl methyl sites for hydroxylation is 3. The fourth-order valence-corrected chi connectivity index (χ4v) is 3.17. The highest BCUT2D eigenvalue weighted by atomic mass is 16.5. The quantitative estimate of drug-likeness (QED) is 0.646. The fraction of sp³-hybridized carbons (Fsp3) is 0.227. The average Bonchev–Trinajstić information content (AvgIpc) is 2.70. The summed E-state index contributed by atoms with van der Waals surface area (Å²) in [6, 6.07) is 11.1. The van der Waals surface area contributed by atoms with Crippen molar-refractivity contribution in [2.75, 3.05) is 24.9 Å². The third-order valence-electron chi connectivity index (χ3n) is 4.47. The zero-order valence-corrected chi connectivity index (χ0v) is 17.2. The van der Waals surface area contributed by atoms with E-state index in [4.69, 9.17) is 9.47 Å². The van der Waals surface area contributed by atoms with Crippen LogP contribution in [0.2, 0.25) is 0 Å². The summed E-state index contributed by atoms with van der Waals surface area (Å²) >= 11 is 0. The van der Waals surface area contributed by atoms with Crippen LogP contribution in [0.4, 0.5) is 17.2 Å². The molecule has 2 aromatic carbocycles. The third kappa shape index (κ3) is 4.63. The van der Waals surface area contributed by atoms with Crippen molar-refractivity contribution < 1.29 is 14.3 Å². The van der Waals surface area contributed by atoms with Crippen molar-refractivity contribution in [2.45, 2.75) is 20.8 Å². The molecule has 0 aliphatic rings. The van der Waals surface area contributed by atoms with E-state index in [-0.39, 0.29) is 11.6 Å². The standard InChI is InChI=1S/C22H24N4O3/c1-13-8-14(2)21(15(3)9-13)26-22(27)17-11-20(24-12-23-17)25-16-6-7-18(28-4)19(10-16)29-5/h6-12H,1-5H3,(H,26,27)(H,23,24,25). The summed E-state index contributed by atoms with van der Waals surface area (Å²) in [6.45, 7) is 5.97.